The number of carbonyl (C=O) groups is 1. The Kier molecular flexibility index (Phi) is 5.59. The van der Waals surface area contributed by atoms with Crippen LogP contribution in [0, 0.1) is 13.8 Å². The lowest BCUT2D eigenvalue weighted by atomic mass is 10.2. The van der Waals surface area contributed by atoms with Crippen molar-refractivity contribution >= 4 is 34.5 Å². The molecule has 4 rings (SSSR count). The first-order valence-corrected chi connectivity index (χ1v) is 10.6. The number of hydrogen-bond acceptors (Lipinski definition) is 7. The van der Waals surface area contributed by atoms with Crippen molar-refractivity contribution in [3.8, 4) is 0 Å². The molecule has 0 atom stereocenters. The summed E-state index contributed by atoms with van der Waals surface area (Å²) in [6.07, 6.45) is 1.68. The normalized spacial score (nSPS) is 11.4. The molecule has 1 amide bonds. The molecule has 154 valence electrons. The lowest BCUT2D eigenvalue weighted by Crippen LogP contribution is -2.13. The topological polar surface area (TPSA) is 94.0 Å². The van der Waals surface area contributed by atoms with Crippen molar-refractivity contribution in [3.05, 3.63) is 65.0 Å². The molecule has 1 aromatic carbocycles. The molecule has 0 saturated carbocycles. The minimum Gasteiger partial charge on any atom is -0.440 e. The Balaban J connectivity index is 1.53. The lowest BCUT2D eigenvalue weighted by Gasteiger charge is -2.09. The number of benzene rings is 1. The number of nitrogens with zero attached hydrogens (tertiary/aromatic N) is 3. The van der Waals surface area contributed by atoms with Crippen molar-refractivity contribution in [2.45, 2.75) is 44.4 Å². The highest BCUT2D eigenvalue weighted by molar-refractivity contribution is 7.98. The van der Waals surface area contributed by atoms with Gasteiger partial charge in [-0.1, -0.05) is 19.0 Å². The highest BCUT2D eigenvalue weighted by Gasteiger charge is 2.17. The van der Waals surface area contributed by atoms with E-state index in [2.05, 4.69) is 20.4 Å². The van der Waals surface area contributed by atoms with E-state index in [0.29, 0.717) is 33.5 Å². The molecule has 0 radical (unpaired) electrons. The number of anilines is 1. The standard InChI is InChI=1S/C22H22N4O3S/c1-12(2)21-25-18-10-15(7-8-19(18)28-21)24-20(27)16-6-5-9-23-22(16)30-11-17-13(3)26-29-14(17)4/h5-10,12H,11H2,1-4H3,(H,24,27). The molecule has 7 nitrogen and oxygen atoms in total. The van der Waals surface area contributed by atoms with E-state index in [1.165, 1.54) is 11.8 Å². The number of fused-ring (bicyclic) bond motifs is 1. The molecule has 0 fully saturated rings. The average molecular weight is 423 g/mol. The lowest BCUT2D eigenvalue weighted by molar-refractivity contribution is 0.102. The van der Waals surface area contributed by atoms with E-state index >= 15 is 0 Å². The van der Waals surface area contributed by atoms with E-state index in [9.17, 15) is 4.79 Å². The zero-order valence-corrected chi connectivity index (χ0v) is 18.0. The number of rotatable bonds is 6. The van der Waals surface area contributed by atoms with Crippen LogP contribution in [0.15, 0.2) is 50.5 Å². The second-order valence-corrected chi connectivity index (χ2v) is 8.25. The number of thioether (sulfide) groups is 1. The number of oxazole rings is 1. The molecule has 8 heteroatoms. The summed E-state index contributed by atoms with van der Waals surface area (Å²) in [5.41, 5.74) is 4.46. The van der Waals surface area contributed by atoms with Gasteiger partial charge in [-0.3, -0.25) is 4.79 Å². The third-order valence-corrected chi connectivity index (χ3v) is 5.74. The second kappa shape index (κ2) is 8.31. The molecule has 0 spiro atoms. The number of pyridine rings is 1. The summed E-state index contributed by atoms with van der Waals surface area (Å²) in [7, 11) is 0. The molecule has 0 aliphatic rings. The smallest absolute Gasteiger partial charge is 0.258 e. The molecule has 1 N–H and O–H groups in total. The van der Waals surface area contributed by atoms with Crippen LogP contribution in [0.3, 0.4) is 0 Å². The summed E-state index contributed by atoms with van der Waals surface area (Å²) in [6.45, 7) is 7.84. The van der Waals surface area contributed by atoms with Gasteiger partial charge in [0.05, 0.1) is 11.3 Å². The monoisotopic (exact) mass is 422 g/mol. The number of aryl methyl sites for hydroxylation is 2. The van der Waals surface area contributed by atoms with Crippen LogP contribution in [0.4, 0.5) is 5.69 Å². The molecule has 0 aliphatic heterocycles. The van der Waals surface area contributed by atoms with Crippen LogP contribution in [-0.2, 0) is 5.75 Å². The zero-order valence-electron chi connectivity index (χ0n) is 17.2. The summed E-state index contributed by atoms with van der Waals surface area (Å²) in [5.74, 6) is 2.06. The van der Waals surface area contributed by atoms with Crippen LogP contribution in [0.5, 0.6) is 0 Å². The fraction of sp³-hybridized carbons (Fsp3) is 0.273. The predicted octanol–water partition coefficient (Wildman–Crippen LogP) is 5.50. The largest absolute Gasteiger partial charge is 0.440 e. The van der Waals surface area contributed by atoms with Crippen LogP contribution < -0.4 is 5.32 Å². The van der Waals surface area contributed by atoms with Crippen molar-refractivity contribution in [3.63, 3.8) is 0 Å². The molecule has 0 bridgehead atoms. The van der Waals surface area contributed by atoms with Gasteiger partial charge in [0.2, 0.25) is 0 Å². The van der Waals surface area contributed by atoms with Gasteiger partial charge in [0.15, 0.2) is 11.5 Å². The van der Waals surface area contributed by atoms with Gasteiger partial charge < -0.3 is 14.3 Å². The maximum Gasteiger partial charge on any atom is 0.258 e. The molecule has 0 saturated heterocycles. The third-order valence-electron chi connectivity index (χ3n) is 4.71. The summed E-state index contributed by atoms with van der Waals surface area (Å²) in [5, 5.41) is 7.57. The molecule has 0 unspecified atom stereocenters. The minimum atomic E-state index is -0.226. The molecular formula is C22H22N4O3S. The van der Waals surface area contributed by atoms with Crippen molar-refractivity contribution in [1.82, 2.24) is 15.1 Å². The fourth-order valence-electron chi connectivity index (χ4n) is 3.00. The highest BCUT2D eigenvalue weighted by atomic mass is 32.2. The Bertz CT molecular complexity index is 1190. The fourth-order valence-corrected chi connectivity index (χ4v) is 4.14. The molecule has 0 aliphatic carbocycles. The summed E-state index contributed by atoms with van der Waals surface area (Å²) < 4.78 is 10.9. The Hall–Kier alpha value is -3.13. The summed E-state index contributed by atoms with van der Waals surface area (Å²) in [6, 6.07) is 8.96. The Morgan fingerprint density at radius 1 is 1.23 bits per heavy atom. The van der Waals surface area contributed by atoms with E-state index in [4.69, 9.17) is 8.94 Å². The van der Waals surface area contributed by atoms with Gasteiger partial charge >= 0.3 is 0 Å². The van der Waals surface area contributed by atoms with E-state index in [1.54, 1.807) is 18.3 Å². The first kappa shape index (κ1) is 20.2. The van der Waals surface area contributed by atoms with E-state index in [0.717, 1.165) is 22.5 Å². The number of carbonyl (C=O) groups excluding carboxylic acids is 1. The van der Waals surface area contributed by atoms with Crippen molar-refractivity contribution < 1.29 is 13.7 Å². The van der Waals surface area contributed by atoms with Crippen LogP contribution in [0.1, 0.15) is 53.0 Å². The average Bonchev–Trinajstić information content (AvgIpc) is 3.29. The molecule has 3 aromatic heterocycles. The molecular weight excluding hydrogens is 400 g/mol. The minimum absolute atomic E-state index is 0.197. The first-order chi connectivity index (χ1) is 14.4. The maximum absolute atomic E-state index is 12.9. The number of nitrogens with one attached hydrogen (secondary N) is 1. The van der Waals surface area contributed by atoms with E-state index < -0.39 is 0 Å². The highest BCUT2D eigenvalue weighted by Crippen LogP contribution is 2.28. The van der Waals surface area contributed by atoms with Crippen molar-refractivity contribution in [1.29, 1.82) is 0 Å². The van der Waals surface area contributed by atoms with Crippen LogP contribution >= 0.6 is 11.8 Å². The maximum atomic E-state index is 12.9. The molecule has 3 heterocycles. The van der Waals surface area contributed by atoms with Gasteiger partial charge in [-0.2, -0.15) is 0 Å². The Morgan fingerprint density at radius 3 is 2.80 bits per heavy atom. The summed E-state index contributed by atoms with van der Waals surface area (Å²) >= 11 is 1.48. The van der Waals surface area contributed by atoms with Gasteiger partial charge in [-0.15, -0.1) is 11.8 Å². The van der Waals surface area contributed by atoms with Crippen LogP contribution in [0.2, 0.25) is 0 Å². The SMILES string of the molecule is Cc1noc(C)c1CSc1ncccc1C(=O)Nc1ccc2oc(C(C)C)nc2c1. The quantitative estimate of drug-likeness (QED) is 0.410. The predicted molar refractivity (Wildman–Crippen MR) is 116 cm³/mol. The van der Waals surface area contributed by atoms with E-state index in [-0.39, 0.29) is 11.8 Å². The number of aromatic nitrogens is 3. The first-order valence-electron chi connectivity index (χ1n) is 9.63. The van der Waals surface area contributed by atoms with Gasteiger partial charge in [-0.05, 0) is 44.2 Å². The summed E-state index contributed by atoms with van der Waals surface area (Å²) in [4.78, 5) is 21.8. The van der Waals surface area contributed by atoms with Crippen LogP contribution in [0.25, 0.3) is 11.1 Å². The second-order valence-electron chi connectivity index (χ2n) is 7.29. The number of amides is 1. The van der Waals surface area contributed by atoms with Crippen molar-refractivity contribution in [2.24, 2.45) is 0 Å². The van der Waals surface area contributed by atoms with Gasteiger partial charge in [0.1, 0.15) is 16.3 Å². The number of hydrogen-bond donors (Lipinski definition) is 1. The van der Waals surface area contributed by atoms with Crippen molar-refractivity contribution in [2.75, 3.05) is 5.32 Å². The van der Waals surface area contributed by atoms with Crippen LogP contribution in [-0.4, -0.2) is 21.0 Å². The van der Waals surface area contributed by atoms with E-state index in [1.807, 2.05) is 45.9 Å². The Labute approximate surface area is 178 Å². The Morgan fingerprint density at radius 2 is 2.07 bits per heavy atom. The third kappa shape index (κ3) is 4.09. The molecule has 4 aromatic rings. The zero-order chi connectivity index (χ0) is 21.3. The van der Waals surface area contributed by atoms with Gasteiger partial charge in [0.25, 0.3) is 5.91 Å². The molecule has 30 heavy (non-hydrogen) atoms. The van der Waals surface area contributed by atoms with Gasteiger partial charge in [-0.25, -0.2) is 9.97 Å². The van der Waals surface area contributed by atoms with Gasteiger partial charge in [0, 0.05) is 29.1 Å².